The van der Waals surface area contributed by atoms with Gasteiger partial charge >= 0.3 is 0 Å². The normalized spacial score (nSPS) is 16.2. The van der Waals surface area contributed by atoms with E-state index in [2.05, 4.69) is 28.4 Å². The summed E-state index contributed by atoms with van der Waals surface area (Å²) in [6.45, 7) is 3.60. The van der Waals surface area contributed by atoms with Crippen molar-refractivity contribution >= 4 is 17.5 Å². The van der Waals surface area contributed by atoms with Gasteiger partial charge in [-0.1, -0.05) is 35.9 Å². The maximum absolute atomic E-state index is 13.1. The highest BCUT2D eigenvalue weighted by molar-refractivity contribution is 6.33. The zero-order chi connectivity index (χ0) is 24.9. The van der Waals surface area contributed by atoms with Crippen molar-refractivity contribution in [3.05, 3.63) is 87.9 Å². The van der Waals surface area contributed by atoms with Crippen LogP contribution in [-0.4, -0.2) is 44.7 Å². The number of benzene rings is 3. The highest BCUT2D eigenvalue weighted by atomic mass is 35.5. The number of methoxy groups -OCH3 is 3. The fraction of sp³-hybridized carbons (Fsp3) is 0.321. The lowest BCUT2D eigenvalue weighted by Gasteiger charge is -2.41. The van der Waals surface area contributed by atoms with Crippen LogP contribution in [0.5, 0.6) is 17.2 Å². The number of amides is 1. The molecule has 1 aliphatic heterocycles. The number of carbonyl (C=O) groups is 1. The van der Waals surface area contributed by atoms with Crippen LogP contribution in [-0.2, 0) is 13.0 Å². The van der Waals surface area contributed by atoms with Gasteiger partial charge in [-0.2, -0.15) is 0 Å². The van der Waals surface area contributed by atoms with E-state index in [-0.39, 0.29) is 18.0 Å². The van der Waals surface area contributed by atoms with E-state index in [0.717, 1.165) is 30.8 Å². The predicted octanol–water partition coefficient (Wildman–Crippen LogP) is 5.28. The SMILES string of the molecule is COc1ccc(CN2CCc3cc(OC)c(OC)cc3[C@@H]2[C@@H](C)NC(=O)c2ccccc2Cl)cc1. The largest absolute Gasteiger partial charge is 0.497 e. The molecule has 0 saturated heterocycles. The first-order valence-corrected chi connectivity index (χ1v) is 12.0. The van der Waals surface area contributed by atoms with Crippen LogP contribution >= 0.6 is 11.6 Å². The van der Waals surface area contributed by atoms with Crippen molar-refractivity contribution in [2.75, 3.05) is 27.9 Å². The molecule has 7 heteroatoms. The molecule has 3 aromatic carbocycles. The summed E-state index contributed by atoms with van der Waals surface area (Å²) in [5.41, 5.74) is 3.95. The molecule has 0 spiro atoms. The molecule has 0 radical (unpaired) electrons. The van der Waals surface area contributed by atoms with Crippen molar-refractivity contribution in [3.63, 3.8) is 0 Å². The lowest BCUT2D eigenvalue weighted by molar-refractivity contribution is 0.0877. The molecule has 0 unspecified atom stereocenters. The molecule has 0 aliphatic carbocycles. The number of nitrogens with zero attached hydrogens (tertiary/aromatic N) is 1. The summed E-state index contributed by atoms with van der Waals surface area (Å²) < 4.78 is 16.5. The molecule has 2 atom stereocenters. The van der Waals surface area contributed by atoms with Crippen molar-refractivity contribution in [1.29, 1.82) is 0 Å². The quantitative estimate of drug-likeness (QED) is 0.461. The number of carbonyl (C=O) groups excluding carboxylic acids is 1. The van der Waals surface area contributed by atoms with Gasteiger partial charge in [0.2, 0.25) is 0 Å². The van der Waals surface area contributed by atoms with E-state index in [0.29, 0.717) is 22.1 Å². The molecular weight excluding hydrogens is 464 g/mol. The van der Waals surface area contributed by atoms with E-state index in [9.17, 15) is 4.79 Å². The first-order chi connectivity index (χ1) is 16.9. The minimum absolute atomic E-state index is 0.0768. The van der Waals surface area contributed by atoms with Crippen LogP contribution in [0.25, 0.3) is 0 Å². The van der Waals surface area contributed by atoms with E-state index < -0.39 is 0 Å². The molecule has 1 amide bonds. The number of ether oxygens (including phenoxy) is 3. The van der Waals surface area contributed by atoms with E-state index >= 15 is 0 Å². The zero-order valence-corrected chi connectivity index (χ0v) is 21.3. The molecule has 1 N–H and O–H groups in total. The summed E-state index contributed by atoms with van der Waals surface area (Å²) in [6.07, 6.45) is 0.869. The summed E-state index contributed by atoms with van der Waals surface area (Å²) in [7, 11) is 4.95. The van der Waals surface area contributed by atoms with E-state index in [4.69, 9.17) is 25.8 Å². The Kier molecular flexibility index (Phi) is 7.83. The van der Waals surface area contributed by atoms with Gasteiger partial charge in [-0.05, 0) is 66.4 Å². The molecular formula is C28H31ClN2O4. The van der Waals surface area contributed by atoms with Crippen LogP contribution < -0.4 is 19.5 Å². The number of fused-ring (bicyclic) bond motifs is 1. The van der Waals surface area contributed by atoms with Gasteiger partial charge in [0.05, 0.1) is 38.0 Å². The van der Waals surface area contributed by atoms with E-state index in [1.54, 1.807) is 33.5 Å². The zero-order valence-electron chi connectivity index (χ0n) is 20.5. The van der Waals surface area contributed by atoms with E-state index in [1.807, 2.05) is 37.3 Å². The number of hydrogen-bond donors (Lipinski definition) is 1. The lowest BCUT2D eigenvalue weighted by Crippen LogP contribution is -2.47. The molecule has 35 heavy (non-hydrogen) atoms. The van der Waals surface area contributed by atoms with E-state index in [1.165, 1.54) is 11.1 Å². The van der Waals surface area contributed by atoms with Gasteiger partial charge in [0, 0.05) is 19.1 Å². The Labute approximate surface area is 211 Å². The minimum atomic E-state index is -0.200. The average Bonchev–Trinajstić information content (AvgIpc) is 2.88. The Hall–Kier alpha value is -3.22. The van der Waals surface area contributed by atoms with Gasteiger partial charge in [0.15, 0.2) is 11.5 Å². The Morgan fingerprint density at radius 2 is 1.71 bits per heavy atom. The van der Waals surface area contributed by atoms with Gasteiger partial charge in [-0.25, -0.2) is 0 Å². The Morgan fingerprint density at radius 3 is 2.37 bits per heavy atom. The second-order valence-corrected chi connectivity index (χ2v) is 9.07. The topological polar surface area (TPSA) is 60.0 Å². The van der Waals surface area contributed by atoms with Crippen LogP contribution in [0.3, 0.4) is 0 Å². The monoisotopic (exact) mass is 494 g/mol. The first-order valence-electron chi connectivity index (χ1n) is 11.6. The Balaban J connectivity index is 1.68. The van der Waals surface area contributed by atoms with Gasteiger partial charge in [0.25, 0.3) is 5.91 Å². The molecule has 1 aliphatic rings. The van der Waals surface area contributed by atoms with Crippen LogP contribution in [0.1, 0.15) is 40.0 Å². The average molecular weight is 495 g/mol. The fourth-order valence-corrected chi connectivity index (χ4v) is 4.99. The Morgan fingerprint density at radius 1 is 1.03 bits per heavy atom. The Bertz CT molecular complexity index is 1180. The second-order valence-electron chi connectivity index (χ2n) is 8.66. The molecule has 0 aromatic heterocycles. The number of nitrogens with one attached hydrogen (secondary N) is 1. The highest BCUT2D eigenvalue weighted by Crippen LogP contribution is 2.40. The predicted molar refractivity (Wildman–Crippen MR) is 138 cm³/mol. The van der Waals surface area contributed by atoms with Gasteiger partial charge in [-0.15, -0.1) is 0 Å². The minimum Gasteiger partial charge on any atom is -0.497 e. The standard InChI is InChI=1S/C28H31ClN2O4/c1-18(30-28(32)22-7-5-6-8-24(22)29)27-23-16-26(35-4)25(34-3)15-20(23)13-14-31(27)17-19-9-11-21(33-2)12-10-19/h5-12,15-16,18,27H,13-14,17H2,1-4H3,(H,30,32)/t18-,27+/m1/s1. The lowest BCUT2D eigenvalue weighted by atomic mass is 9.87. The van der Waals surface area contributed by atoms with Gasteiger partial charge in [0.1, 0.15) is 5.75 Å². The molecule has 3 aromatic rings. The summed E-state index contributed by atoms with van der Waals surface area (Å²) in [4.78, 5) is 15.5. The van der Waals surface area contributed by atoms with Crippen molar-refractivity contribution < 1.29 is 19.0 Å². The maximum Gasteiger partial charge on any atom is 0.253 e. The van der Waals surface area contributed by atoms with Crippen molar-refractivity contribution in [3.8, 4) is 17.2 Å². The molecule has 0 saturated carbocycles. The van der Waals surface area contributed by atoms with Crippen LogP contribution in [0, 0.1) is 0 Å². The van der Waals surface area contributed by atoms with Gasteiger partial charge in [-0.3, -0.25) is 9.69 Å². The third-order valence-electron chi connectivity index (χ3n) is 6.52. The summed E-state index contributed by atoms with van der Waals surface area (Å²) in [5, 5.41) is 3.62. The number of halogens is 1. The van der Waals surface area contributed by atoms with Crippen LogP contribution in [0.15, 0.2) is 60.7 Å². The van der Waals surface area contributed by atoms with Gasteiger partial charge < -0.3 is 19.5 Å². The smallest absolute Gasteiger partial charge is 0.253 e. The molecule has 184 valence electrons. The fourth-order valence-electron chi connectivity index (χ4n) is 4.77. The van der Waals surface area contributed by atoms with Crippen molar-refractivity contribution in [2.45, 2.75) is 32.0 Å². The highest BCUT2D eigenvalue weighted by Gasteiger charge is 2.34. The van der Waals surface area contributed by atoms with Crippen LogP contribution in [0.4, 0.5) is 0 Å². The third-order valence-corrected chi connectivity index (χ3v) is 6.85. The molecule has 6 nitrogen and oxygen atoms in total. The van der Waals surface area contributed by atoms with Crippen molar-refractivity contribution in [2.24, 2.45) is 0 Å². The third kappa shape index (κ3) is 5.39. The first kappa shape index (κ1) is 24.9. The molecule has 4 rings (SSSR count). The second kappa shape index (κ2) is 11.0. The summed E-state index contributed by atoms with van der Waals surface area (Å²) in [6, 6.07) is 19.0. The molecule has 1 heterocycles. The van der Waals surface area contributed by atoms with Crippen molar-refractivity contribution in [1.82, 2.24) is 10.2 Å². The number of rotatable bonds is 8. The van der Waals surface area contributed by atoms with Crippen LogP contribution in [0.2, 0.25) is 5.02 Å². The molecule has 0 bridgehead atoms. The number of hydrogen-bond acceptors (Lipinski definition) is 5. The summed E-state index contributed by atoms with van der Waals surface area (Å²) in [5.74, 6) is 2.01. The maximum atomic E-state index is 13.1. The molecule has 0 fully saturated rings. The summed E-state index contributed by atoms with van der Waals surface area (Å²) >= 11 is 6.29.